The van der Waals surface area contributed by atoms with E-state index in [1.165, 1.54) is 11.0 Å². The summed E-state index contributed by atoms with van der Waals surface area (Å²) < 4.78 is 32.9. The SMILES string of the molecule is CC1=C(C(=O)OC(C)C)[C@@H](c2ccc(C)cc2)CC(=O)N1Cc1ccc(F)cc1F. The minimum atomic E-state index is -0.734. The molecule has 1 atom stereocenters. The molecule has 30 heavy (non-hydrogen) atoms. The van der Waals surface area contributed by atoms with Crippen LogP contribution in [-0.2, 0) is 20.9 Å². The molecule has 0 aliphatic carbocycles. The molecule has 0 N–H and O–H groups in total. The van der Waals surface area contributed by atoms with Gasteiger partial charge in [0.05, 0.1) is 18.2 Å². The van der Waals surface area contributed by atoms with E-state index in [-0.39, 0.29) is 30.5 Å². The monoisotopic (exact) mass is 413 g/mol. The fraction of sp³-hybridized carbons (Fsp3) is 0.333. The van der Waals surface area contributed by atoms with Crippen molar-refractivity contribution in [3.8, 4) is 0 Å². The largest absolute Gasteiger partial charge is 0.460 e. The molecule has 4 nitrogen and oxygen atoms in total. The summed E-state index contributed by atoms with van der Waals surface area (Å²) in [6.45, 7) is 7.05. The molecule has 0 unspecified atom stereocenters. The molecule has 1 amide bonds. The van der Waals surface area contributed by atoms with E-state index in [2.05, 4.69) is 0 Å². The van der Waals surface area contributed by atoms with E-state index in [0.717, 1.165) is 23.3 Å². The minimum absolute atomic E-state index is 0.0613. The third kappa shape index (κ3) is 4.58. The molecule has 2 aromatic rings. The molecule has 158 valence electrons. The first-order chi connectivity index (χ1) is 14.2. The number of amides is 1. The van der Waals surface area contributed by atoms with Crippen LogP contribution < -0.4 is 0 Å². The van der Waals surface area contributed by atoms with Crippen LogP contribution in [0.5, 0.6) is 0 Å². The fourth-order valence-corrected chi connectivity index (χ4v) is 3.65. The lowest BCUT2D eigenvalue weighted by Crippen LogP contribution is -2.38. The highest BCUT2D eigenvalue weighted by atomic mass is 19.1. The quantitative estimate of drug-likeness (QED) is 0.647. The number of ether oxygens (including phenoxy) is 1. The van der Waals surface area contributed by atoms with Gasteiger partial charge < -0.3 is 9.64 Å². The number of halogens is 2. The van der Waals surface area contributed by atoms with Gasteiger partial charge in [0.1, 0.15) is 11.6 Å². The number of rotatable bonds is 5. The van der Waals surface area contributed by atoms with Crippen molar-refractivity contribution in [3.63, 3.8) is 0 Å². The van der Waals surface area contributed by atoms with Crippen molar-refractivity contribution < 1.29 is 23.1 Å². The highest BCUT2D eigenvalue weighted by molar-refractivity contribution is 5.96. The first kappa shape index (κ1) is 21.7. The number of nitrogens with zero attached hydrogens (tertiary/aromatic N) is 1. The number of benzene rings is 2. The second-order valence-corrected chi connectivity index (χ2v) is 7.84. The van der Waals surface area contributed by atoms with Gasteiger partial charge in [0.15, 0.2) is 0 Å². The molecular weight excluding hydrogens is 388 g/mol. The van der Waals surface area contributed by atoms with E-state index in [0.29, 0.717) is 11.3 Å². The summed E-state index contributed by atoms with van der Waals surface area (Å²) in [7, 11) is 0. The molecule has 3 rings (SSSR count). The van der Waals surface area contributed by atoms with Gasteiger partial charge in [-0.15, -0.1) is 0 Å². The molecule has 1 aliphatic heterocycles. The molecule has 0 saturated carbocycles. The standard InChI is InChI=1S/C24H25F2NO3/c1-14(2)30-24(29)23-16(4)27(13-18-9-10-19(25)11-21(18)26)22(28)12-20(23)17-7-5-15(3)6-8-17/h5-11,14,20H,12-13H2,1-4H3/t20-/m1/s1. The number of hydrogen-bond donors (Lipinski definition) is 0. The topological polar surface area (TPSA) is 46.6 Å². The van der Waals surface area contributed by atoms with Gasteiger partial charge in [-0.25, -0.2) is 13.6 Å². The summed E-state index contributed by atoms with van der Waals surface area (Å²) in [6, 6.07) is 10.9. The number of aryl methyl sites for hydroxylation is 1. The number of allylic oxidation sites excluding steroid dienone is 1. The Bertz CT molecular complexity index is 996. The van der Waals surface area contributed by atoms with Crippen molar-refractivity contribution in [2.24, 2.45) is 0 Å². The third-order valence-electron chi connectivity index (χ3n) is 5.21. The maximum atomic E-state index is 14.2. The van der Waals surface area contributed by atoms with Gasteiger partial charge in [0, 0.05) is 29.7 Å². The summed E-state index contributed by atoms with van der Waals surface area (Å²) in [6.07, 6.45) is -0.261. The van der Waals surface area contributed by atoms with E-state index in [4.69, 9.17) is 4.74 Å². The maximum absolute atomic E-state index is 14.2. The number of esters is 1. The zero-order chi connectivity index (χ0) is 22.0. The van der Waals surface area contributed by atoms with E-state index in [1.54, 1.807) is 20.8 Å². The average Bonchev–Trinajstić information content (AvgIpc) is 2.66. The van der Waals surface area contributed by atoms with Crippen LogP contribution in [0.3, 0.4) is 0 Å². The molecule has 2 aromatic carbocycles. The van der Waals surface area contributed by atoms with Crippen LogP contribution >= 0.6 is 0 Å². The zero-order valence-electron chi connectivity index (χ0n) is 17.5. The van der Waals surface area contributed by atoms with Gasteiger partial charge in [-0.1, -0.05) is 35.9 Å². The summed E-state index contributed by atoms with van der Waals surface area (Å²) >= 11 is 0. The number of carbonyl (C=O) groups is 2. The lowest BCUT2D eigenvalue weighted by molar-refractivity contribution is -0.143. The van der Waals surface area contributed by atoms with Crippen LogP contribution in [0.2, 0.25) is 0 Å². The van der Waals surface area contributed by atoms with Crippen LogP contribution in [0.25, 0.3) is 0 Å². The molecule has 0 spiro atoms. The van der Waals surface area contributed by atoms with E-state index < -0.39 is 23.5 Å². The summed E-state index contributed by atoms with van der Waals surface area (Å²) in [4.78, 5) is 27.3. The highest BCUT2D eigenvalue weighted by Gasteiger charge is 2.37. The van der Waals surface area contributed by atoms with Crippen LogP contribution in [0.4, 0.5) is 8.78 Å². The fourth-order valence-electron chi connectivity index (χ4n) is 3.65. The predicted octanol–water partition coefficient (Wildman–Crippen LogP) is 5.01. The lowest BCUT2D eigenvalue weighted by Gasteiger charge is -2.35. The predicted molar refractivity (Wildman–Crippen MR) is 109 cm³/mol. The van der Waals surface area contributed by atoms with Crippen molar-refractivity contribution in [2.45, 2.75) is 52.7 Å². The first-order valence-electron chi connectivity index (χ1n) is 9.90. The van der Waals surface area contributed by atoms with Crippen molar-refractivity contribution in [1.82, 2.24) is 4.90 Å². The van der Waals surface area contributed by atoms with Gasteiger partial charge >= 0.3 is 5.97 Å². The van der Waals surface area contributed by atoms with Gasteiger partial charge in [-0.3, -0.25) is 4.79 Å². The van der Waals surface area contributed by atoms with Gasteiger partial charge in [0.25, 0.3) is 0 Å². The Kier molecular flexibility index (Phi) is 6.34. The van der Waals surface area contributed by atoms with E-state index in [1.807, 2.05) is 31.2 Å². The van der Waals surface area contributed by atoms with Gasteiger partial charge in [0.2, 0.25) is 5.91 Å². The van der Waals surface area contributed by atoms with Crippen LogP contribution in [0.15, 0.2) is 53.7 Å². The minimum Gasteiger partial charge on any atom is -0.460 e. The summed E-state index contributed by atoms with van der Waals surface area (Å²) in [5.41, 5.74) is 2.90. The second kappa shape index (κ2) is 8.78. The Morgan fingerprint density at radius 3 is 2.40 bits per heavy atom. The highest BCUT2D eigenvalue weighted by Crippen LogP contribution is 2.38. The molecule has 0 saturated heterocycles. The Balaban J connectivity index is 2.04. The average molecular weight is 413 g/mol. The molecule has 0 bridgehead atoms. The summed E-state index contributed by atoms with van der Waals surface area (Å²) in [5.74, 6) is -2.59. The van der Waals surface area contributed by atoms with Gasteiger partial charge in [-0.05, 0) is 39.3 Å². The molecule has 0 radical (unpaired) electrons. The maximum Gasteiger partial charge on any atom is 0.336 e. The first-order valence-corrected chi connectivity index (χ1v) is 9.90. The molecule has 6 heteroatoms. The van der Waals surface area contributed by atoms with Crippen molar-refractivity contribution in [3.05, 3.63) is 82.1 Å². The Morgan fingerprint density at radius 2 is 1.80 bits per heavy atom. The molecule has 0 aromatic heterocycles. The van der Waals surface area contributed by atoms with E-state index >= 15 is 0 Å². The third-order valence-corrected chi connectivity index (χ3v) is 5.21. The Labute approximate surface area is 175 Å². The van der Waals surface area contributed by atoms with Crippen molar-refractivity contribution in [2.75, 3.05) is 0 Å². The molecule has 0 fully saturated rings. The smallest absolute Gasteiger partial charge is 0.336 e. The van der Waals surface area contributed by atoms with Crippen LogP contribution in [-0.4, -0.2) is 22.9 Å². The van der Waals surface area contributed by atoms with Crippen molar-refractivity contribution in [1.29, 1.82) is 0 Å². The number of carbonyl (C=O) groups excluding carboxylic acids is 2. The number of hydrogen-bond acceptors (Lipinski definition) is 3. The second-order valence-electron chi connectivity index (χ2n) is 7.84. The molecular formula is C24H25F2NO3. The van der Waals surface area contributed by atoms with Crippen molar-refractivity contribution >= 4 is 11.9 Å². The lowest BCUT2D eigenvalue weighted by atomic mass is 9.83. The normalized spacial score (nSPS) is 17.0. The Hall–Kier alpha value is -3.02. The van der Waals surface area contributed by atoms with Crippen LogP contribution in [0, 0.1) is 18.6 Å². The summed E-state index contributed by atoms with van der Waals surface area (Å²) in [5, 5.41) is 0. The zero-order valence-corrected chi connectivity index (χ0v) is 17.5. The van der Waals surface area contributed by atoms with E-state index in [9.17, 15) is 18.4 Å². The van der Waals surface area contributed by atoms with Crippen LogP contribution in [0.1, 0.15) is 49.8 Å². The molecule has 1 heterocycles. The molecule has 1 aliphatic rings. The Morgan fingerprint density at radius 1 is 1.13 bits per heavy atom. The van der Waals surface area contributed by atoms with Gasteiger partial charge in [-0.2, -0.15) is 0 Å².